The summed E-state index contributed by atoms with van der Waals surface area (Å²) in [5, 5.41) is -0.0704. The van der Waals surface area contributed by atoms with Crippen LogP contribution in [0.3, 0.4) is 0 Å². The van der Waals surface area contributed by atoms with Crippen molar-refractivity contribution < 1.29 is 8.78 Å². The molecule has 1 heterocycles. The number of rotatable bonds is 0. The lowest BCUT2D eigenvalue weighted by molar-refractivity contribution is 0.606. The van der Waals surface area contributed by atoms with Gasteiger partial charge in [-0.2, -0.15) is 0 Å². The number of imidazole rings is 1. The Kier molecular flexibility index (Phi) is 1.81. The molecule has 13 heavy (non-hydrogen) atoms. The van der Waals surface area contributed by atoms with Gasteiger partial charge in [-0.05, 0) is 6.92 Å². The molecule has 0 amide bonds. The Morgan fingerprint density at radius 2 is 2.15 bits per heavy atom. The van der Waals surface area contributed by atoms with Crippen molar-refractivity contribution in [1.82, 2.24) is 9.97 Å². The van der Waals surface area contributed by atoms with Gasteiger partial charge in [-0.1, -0.05) is 9.24 Å². The molecule has 0 aliphatic rings. The molecular formula is C8H7F2N2P. The predicted octanol–water partition coefficient (Wildman–Crippen LogP) is 1.65. The molecular weight excluding hydrogens is 193 g/mol. The summed E-state index contributed by atoms with van der Waals surface area (Å²) in [7, 11) is 2.02. The molecule has 1 N–H and O–H groups in total. The van der Waals surface area contributed by atoms with Gasteiger partial charge in [0.25, 0.3) is 0 Å². The highest BCUT2D eigenvalue weighted by molar-refractivity contribution is 7.27. The summed E-state index contributed by atoms with van der Waals surface area (Å²) >= 11 is 0. The summed E-state index contributed by atoms with van der Waals surface area (Å²) < 4.78 is 26.3. The van der Waals surface area contributed by atoms with Crippen LogP contribution in [0.4, 0.5) is 8.78 Å². The number of aromatic amines is 1. The summed E-state index contributed by atoms with van der Waals surface area (Å²) in [5.74, 6) is -0.633. The molecule has 1 aromatic heterocycles. The Hall–Kier alpha value is -1.02. The molecule has 0 fully saturated rings. The van der Waals surface area contributed by atoms with Crippen LogP contribution in [0.2, 0.25) is 0 Å². The third-order valence-electron chi connectivity index (χ3n) is 1.82. The number of hydrogen-bond donors (Lipinski definition) is 1. The molecule has 0 aliphatic carbocycles. The number of aromatic nitrogens is 2. The number of H-pyrrole nitrogens is 1. The number of aryl methyl sites for hydroxylation is 1. The van der Waals surface area contributed by atoms with Gasteiger partial charge in [0.15, 0.2) is 5.82 Å². The van der Waals surface area contributed by atoms with Crippen molar-refractivity contribution in [3.8, 4) is 0 Å². The monoisotopic (exact) mass is 200 g/mol. The van der Waals surface area contributed by atoms with Gasteiger partial charge in [-0.15, -0.1) is 0 Å². The first-order valence-corrected chi connectivity index (χ1v) is 4.27. The third-order valence-corrected chi connectivity index (χ3v) is 2.35. The van der Waals surface area contributed by atoms with E-state index in [2.05, 4.69) is 9.97 Å². The van der Waals surface area contributed by atoms with E-state index in [0.717, 1.165) is 0 Å². The maximum atomic E-state index is 13.3. The molecule has 1 atom stereocenters. The predicted molar refractivity (Wildman–Crippen MR) is 50.1 cm³/mol. The van der Waals surface area contributed by atoms with Crippen molar-refractivity contribution in [2.45, 2.75) is 6.92 Å². The maximum Gasteiger partial charge on any atom is 0.161 e. The molecule has 1 aromatic carbocycles. The van der Waals surface area contributed by atoms with E-state index in [1.165, 1.54) is 6.07 Å². The van der Waals surface area contributed by atoms with E-state index in [4.69, 9.17) is 0 Å². The molecule has 0 saturated carbocycles. The Labute approximate surface area is 75.6 Å². The first-order chi connectivity index (χ1) is 6.09. The van der Waals surface area contributed by atoms with Gasteiger partial charge in [-0.3, -0.25) is 0 Å². The summed E-state index contributed by atoms with van der Waals surface area (Å²) in [6, 6.07) is 1.24. The number of nitrogens with zero attached hydrogens (tertiary/aromatic N) is 1. The van der Waals surface area contributed by atoms with Gasteiger partial charge >= 0.3 is 0 Å². The molecule has 0 aliphatic heterocycles. The van der Waals surface area contributed by atoms with Crippen molar-refractivity contribution >= 4 is 25.6 Å². The minimum absolute atomic E-state index is 0.0704. The van der Waals surface area contributed by atoms with Crippen LogP contribution in [-0.2, 0) is 0 Å². The summed E-state index contributed by atoms with van der Waals surface area (Å²) in [6.45, 7) is 1.69. The van der Waals surface area contributed by atoms with Crippen LogP contribution in [-0.4, -0.2) is 9.97 Å². The summed E-state index contributed by atoms with van der Waals surface area (Å²) in [6.07, 6.45) is 0. The normalized spacial score (nSPS) is 11.1. The zero-order chi connectivity index (χ0) is 9.59. The Morgan fingerprint density at radius 1 is 1.46 bits per heavy atom. The second-order valence-electron chi connectivity index (χ2n) is 2.80. The Balaban J connectivity index is 2.92. The van der Waals surface area contributed by atoms with Gasteiger partial charge < -0.3 is 4.98 Å². The van der Waals surface area contributed by atoms with E-state index in [1.807, 2.05) is 9.24 Å². The average Bonchev–Trinajstić information content (AvgIpc) is 2.42. The molecule has 2 nitrogen and oxygen atoms in total. The third kappa shape index (κ3) is 1.22. The first kappa shape index (κ1) is 8.57. The minimum Gasteiger partial charge on any atom is -0.342 e. The zero-order valence-electron chi connectivity index (χ0n) is 6.86. The topological polar surface area (TPSA) is 28.7 Å². The number of hydrogen-bond acceptors (Lipinski definition) is 1. The van der Waals surface area contributed by atoms with Gasteiger partial charge in [-0.25, -0.2) is 13.8 Å². The molecule has 0 radical (unpaired) electrons. The van der Waals surface area contributed by atoms with Gasteiger partial charge in [0.05, 0.1) is 5.52 Å². The molecule has 0 saturated heterocycles. The smallest absolute Gasteiger partial charge is 0.161 e. The second kappa shape index (κ2) is 2.74. The van der Waals surface area contributed by atoms with Crippen LogP contribution in [0.25, 0.3) is 11.0 Å². The molecule has 0 spiro atoms. The number of fused-ring (bicyclic) bond motifs is 1. The fraction of sp³-hybridized carbons (Fsp3) is 0.125. The summed E-state index contributed by atoms with van der Waals surface area (Å²) in [5.41, 5.74) is 0.572. The van der Waals surface area contributed by atoms with Crippen molar-refractivity contribution in [2.24, 2.45) is 0 Å². The van der Waals surface area contributed by atoms with Crippen LogP contribution < -0.4 is 5.30 Å². The molecule has 68 valence electrons. The second-order valence-corrected chi connectivity index (χ2v) is 3.38. The first-order valence-electron chi connectivity index (χ1n) is 3.69. The Bertz CT molecular complexity index is 478. The maximum absolute atomic E-state index is 13.3. The minimum atomic E-state index is -0.621. The van der Waals surface area contributed by atoms with Crippen LogP contribution in [0, 0.1) is 18.6 Å². The highest BCUT2D eigenvalue weighted by atomic mass is 31.0. The van der Waals surface area contributed by atoms with E-state index in [-0.39, 0.29) is 10.8 Å². The lowest BCUT2D eigenvalue weighted by Gasteiger charge is -1.97. The van der Waals surface area contributed by atoms with E-state index in [9.17, 15) is 8.78 Å². The van der Waals surface area contributed by atoms with E-state index < -0.39 is 11.6 Å². The van der Waals surface area contributed by atoms with Crippen molar-refractivity contribution in [1.29, 1.82) is 0 Å². The SMILES string of the molecule is Cc1nc2c(F)c(P)c(F)cc2[nH]1. The number of halogens is 2. The lowest BCUT2D eigenvalue weighted by Crippen LogP contribution is -2.04. The number of benzene rings is 1. The fourth-order valence-electron chi connectivity index (χ4n) is 1.22. The van der Waals surface area contributed by atoms with Crippen molar-refractivity contribution in [3.05, 3.63) is 23.5 Å². The lowest BCUT2D eigenvalue weighted by atomic mass is 10.3. The van der Waals surface area contributed by atoms with Crippen molar-refractivity contribution in [3.63, 3.8) is 0 Å². The van der Waals surface area contributed by atoms with Crippen LogP contribution in [0.15, 0.2) is 6.07 Å². The van der Waals surface area contributed by atoms with Gasteiger partial charge in [0.1, 0.15) is 17.2 Å². The van der Waals surface area contributed by atoms with Gasteiger partial charge in [0.2, 0.25) is 0 Å². The largest absolute Gasteiger partial charge is 0.342 e. The highest BCUT2D eigenvalue weighted by Gasteiger charge is 2.12. The molecule has 0 bridgehead atoms. The average molecular weight is 200 g/mol. The van der Waals surface area contributed by atoms with Crippen molar-refractivity contribution in [2.75, 3.05) is 0 Å². The number of nitrogens with one attached hydrogen (secondary N) is 1. The molecule has 1 unspecified atom stereocenters. The molecule has 2 aromatic rings. The molecule has 5 heteroatoms. The zero-order valence-corrected chi connectivity index (χ0v) is 8.01. The molecule has 2 rings (SSSR count). The Morgan fingerprint density at radius 3 is 2.85 bits per heavy atom. The standard InChI is InChI=1S/C8H7F2N2P/c1-3-11-5-2-4(9)8(13)6(10)7(5)12-3/h2H,13H2,1H3,(H,11,12). The van der Waals surface area contributed by atoms with Gasteiger partial charge in [0, 0.05) is 11.4 Å². The van der Waals surface area contributed by atoms with E-state index in [0.29, 0.717) is 11.3 Å². The van der Waals surface area contributed by atoms with Crippen LogP contribution in [0.5, 0.6) is 0 Å². The van der Waals surface area contributed by atoms with Crippen LogP contribution >= 0.6 is 9.24 Å². The highest BCUT2D eigenvalue weighted by Crippen LogP contribution is 2.17. The van der Waals surface area contributed by atoms with E-state index in [1.54, 1.807) is 6.92 Å². The fourth-order valence-corrected chi connectivity index (χ4v) is 1.44. The quantitative estimate of drug-likeness (QED) is 0.643. The van der Waals surface area contributed by atoms with Crippen LogP contribution in [0.1, 0.15) is 5.82 Å². The van der Waals surface area contributed by atoms with E-state index >= 15 is 0 Å². The summed E-state index contributed by atoms with van der Waals surface area (Å²) in [4.78, 5) is 6.67.